The zero-order chi connectivity index (χ0) is 19.6. The van der Waals surface area contributed by atoms with Gasteiger partial charge in [-0.3, -0.25) is 9.89 Å². The Labute approximate surface area is 160 Å². The van der Waals surface area contributed by atoms with E-state index >= 15 is 0 Å². The zero-order valence-corrected chi connectivity index (χ0v) is 16.5. The molecule has 2 aromatic heterocycles. The molecule has 0 aliphatic carbocycles. The fraction of sp³-hybridized carbons (Fsp3) is 0.476. The fourth-order valence-electron chi connectivity index (χ4n) is 3.57. The Bertz CT molecular complexity index is 910. The van der Waals surface area contributed by atoms with E-state index in [1.165, 1.54) is 0 Å². The Morgan fingerprint density at radius 2 is 2.22 bits per heavy atom. The molecule has 0 unspecified atom stereocenters. The van der Waals surface area contributed by atoms with E-state index in [0.717, 1.165) is 47.6 Å². The lowest BCUT2D eigenvalue weighted by Gasteiger charge is -2.26. The van der Waals surface area contributed by atoms with Crippen molar-refractivity contribution in [1.29, 1.82) is 5.26 Å². The molecule has 0 spiro atoms. The fourth-order valence-corrected chi connectivity index (χ4v) is 3.57. The maximum absolute atomic E-state index is 12.9. The molecule has 0 saturated heterocycles. The highest BCUT2D eigenvalue weighted by atomic mass is 16.2. The zero-order valence-electron chi connectivity index (χ0n) is 16.5. The molecular formula is C21H27N5O. The molecule has 0 aromatic carbocycles. The topological polar surface area (TPSA) is 77.7 Å². The quantitative estimate of drug-likeness (QED) is 0.652. The van der Waals surface area contributed by atoms with E-state index in [0.29, 0.717) is 19.0 Å². The van der Waals surface area contributed by atoms with Crippen LogP contribution in [0, 0.1) is 31.1 Å². The number of carbonyl (C=O) groups is 1. The highest BCUT2D eigenvalue weighted by Gasteiger charge is 2.24. The molecule has 27 heavy (non-hydrogen) atoms. The summed E-state index contributed by atoms with van der Waals surface area (Å²) in [6.07, 6.45) is 5.34. The number of amides is 1. The monoisotopic (exact) mass is 365 g/mol. The molecule has 1 N–H and O–H groups in total. The van der Waals surface area contributed by atoms with Crippen LogP contribution in [0.3, 0.4) is 0 Å². The predicted octanol–water partition coefficient (Wildman–Crippen LogP) is 3.37. The van der Waals surface area contributed by atoms with Crippen molar-refractivity contribution < 1.29 is 4.79 Å². The van der Waals surface area contributed by atoms with Crippen LogP contribution in [0.4, 0.5) is 0 Å². The number of carbonyl (C=O) groups excluding carboxylic acids is 1. The van der Waals surface area contributed by atoms with E-state index in [1.807, 2.05) is 0 Å². The molecule has 0 atom stereocenters. The van der Waals surface area contributed by atoms with Crippen molar-refractivity contribution >= 4 is 12.0 Å². The first-order chi connectivity index (χ1) is 12.9. The standard InChI is InChI=1S/C21H27N5O/c1-14(2)5-8-26-15(3)9-17(16(26)4)10-18(11-22)21(27)25-7-6-20-19(13-25)12-23-24-20/h9-10,12,14H,5-8,13H2,1-4H3,(H,23,24). The Hall–Kier alpha value is -2.81. The second-order valence-corrected chi connectivity index (χ2v) is 7.68. The molecule has 0 bridgehead atoms. The number of nitrogens with zero attached hydrogens (tertiary/aromatic N) is 4. The molecule has 3 rings (SSSR count). The van der Waals surface area contributed by atoms with Crippen molar-refractivity contribution in [2.24, 2.45) is 5.92 Å². The minimum Gasteiger partial charge on any atom is -0.349 e. The predicted molar refractivity (Wildman–Crippen MR) is 105 cm³/mol. The number of rotatable bonds is 5. The number of hydrogen-bond acceptors (Lipinski definition) is 3. The summed E-state index contributed by atoms with van der Waals surface area (Å²) in [6.45, 7) is 10.6. The van der Waals surface area contributed by atoms with Gasteiger partial charge in [0.1, 0.15) is 11.6 Å². The van der Waals surface area contributed by atoms with Gasteiger partial charge in [-0.05, 0) is 43.9 Å². The highest BCUT2D eigenvalue weighted by molar-refractivity contribution is 6.01. The lowest BCUT2D eigenvalue weighted by Crippen LogP contribution is -2.36. The second-order valence-electron chi connectivity index (χ2n) is 7.68. The molecule has 6 heteroatoms. The highest BCUT2D eigenvalue weighted by Crippen LogP contribution is 2.22. The number of nitriles is 1. The molecule has 1 amide bonds. The molecule has 6 nitrogen and oxygen atoms in total. The summed E-state index contributed by atoms with van der Waals surface area (Å²) < 4.78 is 2.27. The normalized spacial score (nSPS) is 14.4. The summed E-state index contributed by atoms with van der Waals surface area (Å²) in [5, 5.41) is 16.6. The van der Waals surface area contributed by atoms with E-state index in [9.17, 15) is 10.1 Å². The van der Waals surface area contributed by atoms with Gasteiger partial charge in [0.25, 0.3) is 5.91 Å². The second kappa shape index (κ2) is 7.83. The third kappa shape index (κ3) is 3.97. The third-order valence-electron chi connectivity index (χ3n) is 5.28. The van der Waals surface area contributed by atoms with Gasteiger partial charge in [0.2, 0.25) is 0 Å². The summed E-state index contributed by atoms with van der Waals surface area (Å²) in [5.41, 5.74) is 5.50. The van der Waals surface area contributed by atoms with Gasteiger partial charge < -0.3 is 9.47 Å². The van der Waals surface area contributed by atoms with Crippen LogP contribution < -0.4 is 0 Å². The largest absolute Gasteiger partial charge is 0.349 e. The van der Waals surface area contributed by atoms with E-state index in [4.69, 9.17) is 0 Å². The van der Waals surface area contributed by atoms with Gasteiger partial charge in [-0.25, -0.2) is 0 Å². The minimum absolute atomic E-state index is 0.186. The van der Waals surface area contributed by atoms with Crippen LogP contribution in [-0.4, -0.2) is 32.1 Å². The van der Waals surface area contributed by atoms with Crippen LogP contribution in [-0.2, 0) is 24.3 Å². The third-order valence-corrected chi connectivity index (χ3v) is 5.28. The first-order valence-corrected chi connectivity index (χ1v) is 9.49. The maximum Gasteiger partial charge on any atom is 0.264 e. The van der Waals surface area contributed by atoms with Gasteiger partial charge in [0.05, 0.1) is 6.20 Å². The number of H-pyrrole nitrogens is 1. The molecule has 1 aliphatic heterocycles. The van der Waals surface area contributed by atoms with E-state index in [2.05, 4.69) is 54.6 Å². The van der Waals surface area contributed by atoms with Crippen LogP contribution in [0.25, 0.3) is 6.08 Å². The lowest BCUT2D eigenvalue weighted by atomic mass is 10.1. The summed E-state index contributed by atoms with van der Waals surface area (Å²) in [5.74, 6) is 0.421. The van der Waals surface area contributed by atoms with Gasteiger partial charge in [0.15, 0.2) is 0 Å². The number of aromatic amines is 1. The Morgan fingerprint density at radius 1 is 1.44 bits per heavy atom. The molecule has 142 valence electrons. The van der Waals surface area contributed by atoms with Crippen molar-refractivity contribution in [2.75, 3.05) is 6.54 Å². The molecule has 0 fully saturated rings. The van der Waals surface area contributed by atoms with Crippen molar-refractivity contribution in [2.45, 2.75) is 53.6 Å². The Balaban J connectivity index is 1.81. The van der Waals surface area contributed by atoms with Crippen LogP contribution in [0.2, 0.25) is 0 Å². The number of nitrogens with one attached hydrogen (secondary N) is 1. The minimum atomic E-state index is -0.212. The maximum atomic E-state index is 12.9. The molecular weight excluding hydrogens is 338 g/mol. The first-order valence-electron chi connectivity index (χ1n) is 9.49. The molecule has 3 heterocycles. The smallest absolute Gasteiger partial charge is 0.264 e. The van der Waals surface area contributed by atoms with Gasteiger partial charge >= 0.3 is 0 Å². The Kier molecular flexibility index (Phi) is 5.50. The first kappa shape index (κ1) is 19.0. The van der Waals surface area contributed by atoms with Gasteiger partial charge in [-0.15, -0.1) is 0 Å². The molecule has 0 saturated carbocycles. The van der Waals surface area contributed by atoms with Crippen molar-refractivity contribution in [3.05, 3.63) is 46.0 Å². The van der Waals surface area contributed by atoms with Crippen LogP contribution in [0.15, 0.2) is 17.8 Å². The molecule has 2 aromatic rings. The SMILES string of the molecule is Cc1cc(C=C(C#N)C(=O)N2CCc3[nH]ncc3C2)c(C)n1CCC(C)C. The molecule has 1 aliphatic rings. The van der Waals surface area contributed by atoms with Crippen LogP contribution in [0.1, 0.15) is 48.5 Å². The van der Waals surface area contributed by atoms with Crippen molar-refractivity contribution in [3.8, 4) is 6.07 Å². The number of aryl methyl sites for hydroxylation is 1. The number of hydrogen-bond donors (Lipinski definition) is 1. The van der Waals surface area contributed by atoms with Gasteiger partial charge in [-0.2, -0.15) is 10.4 Å². The van der Waals surface area contributed by atoms with E-state index in [-0.39, 0.29) is 11.5 Å². The summed E-state index contributed by atoms with van der Waals surface area (Å²) in [4.78, 5) is 14.6. The van der Waals surface area contributed by atoms with Gasteiger partial charge in [0, 0.05) is 48.7 Å². The number of aromatic nitrogens is 3. The lowest BCUT2D eigenvalue weighted by molar-refractivity contribution is -0.127. The number of fused-ring (bicyclic) bond motifs is 1. The average molecular weight is 365 g/mol. The van der Waals surface area contributed by atoms with Crippen LogP contribution in [0.5, 0.6) is 0 Å². The van der Waals surface area contributed by atoms with Crippen molar-refractivity contribution in [1.82, 2.24) is 19.7 Å². The van der Waals surface area contributed by atoms with Crippen LogP contribution >= 0.6 is 0 Å². The summed E-state index contributed by atoms with van der Waals surface area (Å²) in [7, 11) is 0. The van der Waals surface area contributed by atoms with Gasteiger partial charge in [-0.1, -0.05) is 13.8 Å². The Morgan fingerprint density at radius 3 is 2.93 bits per heavy atom. The van der Waals surface area contributed by atoms with E-state index < -0.39 is 0 Å². The molecule has 0 radical (unpaired) electrons. The van der Waals surface area contributed by atoms with Crippen molar-refractivity contribution in [3.63, 3.8) is 0 Å². The summed E-state index contributed by atoms with van der Waals surface area (Å²) >= 11 is 0. The average Bonchev–Trinajstić information content (AvgIpc) is 3.21. The van der Waals surface area contributed by atoms with E-state index in [1.54, 1.807) is 17.2 Å². The summed E-state index contributed by atoms with van der Waals surface area (Å²) in [6, 6.07) is 4.17.